The zero-order chi connectivity index (χ0) is 13.9. The van der Waals surface area contributed by atoms with Crippen molar-refractivity contribution in [3.8, 4) is 0 Å². The van der Waals surface area contributed by atoms with E-state index in [-0.39, 0.29) is 0 Å². The molecule has 0 aromatic heterocycles. The van der Waals surface area contributed by atoms with E-state index >= 15 is 0 Å². The van der Waals surface area contributed by atoms with E-state index < -0.39 is 17.5 Å². The van der Waals surface area contributed by atoms with Gasteiger partial charge in [-0.05, 0) is 43.4 Å². The molecule has 1 aromatic rings. The lowest BCUT2D eigenvalue weighted by Gasteiger charge is -2.26. The molecule has 1 aromatic carbocycles. The number of rotatable bonds is 5. The molecule has 1 unspecified atom stereocenters. The van der Waals surface area contributed by atoms with Crippen LogP contribution in [0.15, 0.2) is 28.7 Å². The molecule has 2 rings (SSSR count). The Morgan fingerprint density at radius 3 is 2.37 bits per heavy atom. The number of hydrogen-bond donors (Lipinski definition) is 2. The van der Waals surface area contributed by atoms with Crippen LogP contribution in [0.3, 0.4) is 0 Å². The molecule has 0 spiro atoms. The predicted molar refractivity (Wildman–Crippen MR) is 77.0 cm³/mol. The Hall–Kier alpha value is -0.870. The van der Waals surface area contributed by atoms with Crippen LogP contribution in [-0.2, 0) is 11.2 Å². The maximum Gasteiger partial charge on any atom is 0.306 e. The van der Waals surface area contributed by atoms with Crippen molar-refractivity contribution in [2.45, 2.75) is 44.1 Å². The summed E-state index contributed by atoms with van der Waals surface area (Å²) in [4.78, 5) is 11.4. The topological polar surface area (TPSA) is 57.5 Å². The van der Waals surface area contributed by atoms with Crippen LogP contribution in [0.2, 0.25) is 0 Å². The molecule has 0 aliphatic heterocycles. The summed E-state index contributed by atoms with van der Waals surface area (Å²) in [5.74, 6) is -1.33. The fraction of sp³-hybridized carbons (Fsp3) is 0.533. The van der Waals surface area contributed by atoms with Gasteiger partial charge >= 0.3 is 5.97 Å². The Labute approximate surface area is 121 Å². The third kappa shape index (κ3) is 4.05. The number of benzene rings is 1. The number of hydrogen-bond acceptors (Lipinski definition) is 2. The number of aliphatic hydroxyl groups is 1. The van der Waals surface area contributed by atoms with Crippen LogP contribution in [0, 0.1) is 5.92 Å². The maximum absolute atomic E-state index is 11.4. The van der Waals surface area contributed by atoms with Crippen LogP contribution >= 0.6 is 15.9 Å². The van der Waals surface area contributed by atoms with Crippen LogP contribution in [-0.4, -0.2) is 21.8 Å². The number of carboxylic acid groups (broad SMARTS) is 1. The third-order valence-electron chi connectivity index (χ3n) is 3.91. The molecule has 2 N–H and O–H groups in total. The minimum absolute atomic E-state index is 0.360. The summed E-state index contributed by atoms with van der Waals surface area (Å²) in [6.07, 6.45) is 4.31. The van der Waals surface area contributed by atoms with Gasteiger partial charge in [0.05, 0.1) is 11.5 Å². The lowest BCUT2D eigenvalue weighted by atomic mass is 9.85. The van der Waals surface area contributed by atoms with Gasteiger partial charge in [-0.15, -0.1) is 0 Å². The predicted octanol–water partition coefficient (Wildman–Crippen LogP) is 3.39. The number of aliphatic carboxylic acids is 1. The van der Waals surface area contributed by atoms with Crippen molar-refractivity contribution < 1.29 is 15.0 Å². The Morgan fingerprint density at radius 1 is 1.26 bits per heavy atom. The molecule has 1 aliphatic carbocycles. The monoisotopic (exact) mass is 326 g/mol. The first-order chi connectivity index (χ1) is 8.98. The Morgan fingerprint density at radius 2 is 1.84 bits per heavy atom. The van der Waals surface area contributed by atoms with Crippen molar-refractivity contribution in [3.05, 3.63) is 34.3 Å². The minimum Gasteiger partial charge on any atom is -0.481 e. The molecular formula is C15H19BrO3. The number of carboxylic acids is 1. The quantitative estimate of drug-likeness (QED) is 0.872. The van der Waals surface area contributed by atoms with E-state index in [4.69, 9.17) is 0 Å². The van der Waals surface area contributed by atoms with E-state index in [0.717, 1.165) is 35.7 Å². The SMILES string of the molecule is O=C(O)C(Cc1ccc(Br)cc1)CC1(O)CCCC1. The molecule has 19 heavy (non-hydrogen) atoms. The van der Waals surface area contributed by atoms with Crippen LogP contribution < -0.4 is 0 Å². The highest BCUT2D eigenvalue weighted by atomic mass is 79.9. The van der Waals surface area contributed by atoms with Crippen molar-refractivity contribution in [1.82, 2.24) is 0 Å². The van der Waals surface area contributed by atoms with Gasteiger partial charge in [-0.2, -0.15) is 0 Å². The summed E-state index contributed by atoms with van der Waals surface area (Å²) in [7, 11) is 0. The van der Waals surface area contributed by atoms with E-state index in [2.05, 4.69) is 15.9 Å². The van der Waals surface area contributed by atoms with E-state index in [0.29, 0.717) is 12.8 Å². The molecule has 0 saturated heterocycles. The fourth-order valence-corrected chi connectivity index (χ4v) is 3.11. The normalized spacial score (nSPS) is 19.3. The highest BCUT2D eigenvalue weighted by Gasteiger charge is 2.36. The lowest BCUT2D eigenvalue weighted by Crippen LogP contribution is -2.32. The third-order valence-corrected chi connectivity index (χ3v) is 4.43. The second-order valence-corrected chi connectivity index (χ2v) is 6.42. The zero-order valence-electron chi connectivity index (χ0n) is 10.8. The van der Waals surface area contributed by atoms with Crippen molar-refractivity contribution in [1.29, 1.82) is 0 Å². The molecule has 0 amide bonds. The molecule has 0 bridgehead atoms. The molecule has 4 heteroatoms. The Kier molecular flexibility index (Phi) is 4.63. The van der Waals surface area contributed by atoms with Gasteiger partial charge in [-0.3, -0.25) is 4.79 Å². The standard InChI is InChI=1S/C15H19BrO3/c16-13-5-3-11(4-6-13)9-12(14(17)18)10-15(19)7-1-2-8-15/h3-6,12,19H,1-2,7-10H2,(H,17,18). The summed E-state index contributed by atoms with van der Waals surface area (Å²) in [5.41, 5.74) is 0.232. The van der Waals surface area contributed by atoms with E-state index in [1.807, 2.05) is 24.3 Å². The van der Waals surface area contributed by atoms with Gasteiger partial charge in [0.2, 0.25) is 0 Å². The molecule has 1 saturated carbocycles. The smallest absolute Gasteiger partial charge is 0.306 e. The largest absolute Gasteiger partial charge is 0.481 e. The average molecular weight is 327 g/mol. The van der Waals surface area contributed by atoms with Crippen molar-refractivity contribution in [2.24, 2.45) is 5.92 Å². The van der Waals surface area contributed by atoms with Gasteiger partial charge < -0.3 is 10.2 Å². The minimum atomic E-state index is -0.816. The number of carbonyl (C=O) groups is 1. The van der Waals surface area contributed by atoms with Gasteiger partial charge in [0.15, 0.2) is 0 Å². The molecule has 1 aliphatic rings. The van der Waals surface area contributed by atoms with Crippen molar-refractivity contribution >= 4 is 21.9 Å². The Balaban J connectivity index is 2.04. The summed E-state index contributed by atoms with van der Waals surface area (Å²) in [6.45, 7) is 0. The van der Waals surface area contributed by atoms with E-state index in [1.54, 1.807) is 0 Å². The van der Waals surface area contributed by atoms with E-state index in [9.17, 15) is 15.0 Å². The molecular weight excluding hydrogens is 308 g/mol. The second-order valence-electron chi connectivity index (χ2n) is 5.50. The summed E-state index contributed by atoms with van der Waals surface area (Å²) < 4.78 is 0.984. The molecule has 1 atom stereocenters. The van der Waals surface area contributed by atoms with Crippen molar-refractivity contribution in [3.63, 3.8) is 0 Å². The second kappa shape index (κ2) is 6.06. The number of halogens is 1. The van der Waals surface area contributed by atoms with Gasteiger partial charge in [0, 0.05) is 4.47 Å². The van der Waals surface area contributed by atoms with Gasteiger partial charge in [-0.25, -0.2) is 0 Å². The fourth-order valence-electron chi connectivity index (χ4n) is 2.85. The molecule has 3 nitrogen and oxygen atoms in total. The van der Waals surface area contributed by atoms with E-state index in [1.165, 1.54) is 0 Å². The van der Waals surface area contributed by atoms with Gasteiger partial charge in [0.25, 0.3) is 0 Å². The maximum atomic E-state index is 11.4. The molecule has 104 valence electrons. The van der Waals surface area contributed by atoms with Crippen LogP contribution in [0.5, 0.6) is 0 Å². The summed E-state index contributed by atoms with van der Waals surface area (Å²) in [6, 6.07) is 7.69. The summed E-state index contributed by atoms with van der Waals surface area (Å²) in [5, 5.41) is 19.7. The van der Waals surface area contributed by atoms with Gasteiger partial charge in [-0.1, -0.05) is 40.9 Å². The summed E-state index contributed by atoms with van der Waals surface area (Å²) >= 11 is 3.36. The van der Waals surface area contributed by atoms with Gasteiger partial charge in [0.1, 0.15) is 0 Å². The van der Waals surface area contributed by atoms with Crippen LogP contribution in [0.25, 0.3) is 0 Å². The van der Waals surface area contributed by atoms with Crippen molar-refractivity contribution in [2.75, 3.05) is 0 Å². The molecule has 0 radical (unpaired) electrons. The van der Waals surface area contributed by atoms with Crippen LogP contribution in [0.1, 0.15) is 37.7 Å². The average Bonchev–Trinajstić information content (AvgIpc) is 2.78. The van der Waals surface area contributed by atoms with Crippen LogP contribution in [0.4, 0.5) is 0 Å². The highest BCUT2D eigenvalue weighted by molar-refractivity contribution is 9.10. The Bertz CT molecular complexity index is 435. The first-order valence-electron chi connectivity index (χ1n) is 6.68. The first kappa shape index (κ1) is 14.5. The zero-order valence-corrected chi connectivity index (χ0v) is 12.4. The lowest BCUT2D eigenvalue weighted by molar-refractivity contribution is -0.144. The molecule has 0 heterocycles. The first-order valence-corrected chi connectivity index (χ1v) is 7.47. The molecule has 1 fully saturated rings. The highest BCUT2D eigenvalue weighted by Crippen LogP contribution is 2.35.